The Balaban J connectivity index is 2.71. The van der Waals surface area contributed by atoms with Crippen LogP contribution in [0.3, 0.4) is 0 Å². The fourth-order valence-corrected chi connectivity index (χ4v) is 2.15. The summed E-state index contributed by atoms with van der Waals surface area (Å²) in [4.78, 5) is 0. The van der Waals surface area contributed by atoms with E-state index in [9.17, 15) is 0 Å². The van der Waals surface area contributed by atoms with Crippen molar-refractivity contribution in [2.24, 2.45) is 12.8 Å². The third kappa shape index (κ3) is 1.91. The second kappa shape index (κ2) is 4.08. The minimum absolute atomic E-state index is 0.0219. The Morgan fingerprint density at radius 2 is 2.06 bits per heavy atom. The van der Waals surface area contributed by atoms with E-state index in [1.807, 2.05) is 6.07 Å². The number of benzene rings is 1. The summed E-state index contributed by atoms with van der Waals surface area (Å²) >= 11 is 0. The van der Waals surface area contributed by atoms with E-state index in [-0.39, 0.29) is 5.41 Å². The molecule has 0 unspecified atom stereocenters. The maximum atomic E-state index is 5.87. The summed E-state index contributed by atoms with van der Waals surface area (Å²) in [7, 11) is 3.75. The van der Waals surface area contributed by atoms with E-state index in [1.165, 1.54) is 16.5 Å². The van der Waals surface area contributed by atoms with Crippen molar-refractivity contribution in [3.63, 3.8) is 0 Å². The standard InChI is InChI=1S/C14H20N2O/c1-14(2,9-15)12-8-16(3)13-6-5-10(17-4)7-11(12)13/h5-8H,9,15H2,1-4H3. The zero-order chi connectivity index (χ0) is 12.6. The van der Waals surface area contributed by atoms with Crippen LogP contribution in [0.1, 0.15) is 19.4 Å². The fourth-order valence-electron chi connectivity index (χ4n) is 2.15. The Hall–Kier alpha value is -1.48. The van der Waals surface area contributed by atoms with Crippen molar-refractivity contribution < 1.29 is 4.74 Å². The van der Waals surface area contributed by atoms with Crippen molar-refractivity contribution in [2.45, 2.75) is 19.3 Å². The van der Waals surface area contributed by atoms with Gasteiger partial charge in [-0.05, 0) is 23.8 Å². The lowest BCUT2D eigenvalue weighted by Crippen LogP contribution is -2.27. The van der Waals surface area contributed by atoms with Gasteiger partial charge in [-0.3, -0.25) is 0 Å². The molecule has 0 fully saturated rings. The quantitative estimate of drug-likeness (QED) is 0.883. The molecule has 0 amide bonds. The molecule has 1 aromatic heterocycles. The summed E-state index contributed by atoms with van der Waals surface area (Å²) in [6.45, 7) is 4.96. The van der Waals surface area contributed by atoms with Gasteiger partial charge in [0, 0.05) is 36.1 Å². The molecular weight excluding hydrogens is 212 g/mol. The lowest BCUT2D eigenvalue weighted by Gasteiger charge is -2.21. The lowest BCUT2D eigenvalue weighted by atomic mass is 9.84. The Labute approximate surface area is 102 Å². The number of methoxy groups -OCH3 is 1. The Kier molecular flexibility index (Phi) is 2.87. The molecule has 92 valence electrons. The van der Waals surface area contributed by atoms with Gasteiger partial charge in [-0.2, -0.15) is 0 Å². The second-order valence-corrected chi connectivity index (χ2v) is 5.12. The van der Waals surface area contributed by atoms with Crippen molar-refractivity contribution in [1.82, 2.24) is 4.57 Å². The third-order valence-corrected chi connectivity index (χ3v) is 3.44. The molecule has 0 saturated carbocycles. The summed E-state index contributed by atoms with van der Waals surface area (Å²) < 4.78 is 7.43. The van der Waals surface area contributed by atoms with Crippen LogP contribution in [0.15, 0.2) is 24.4 Å². The van der Waals surface area contributed by atoms with E-state index < -0.39 is 0 Å². The first kappa shape index (κ1) is 12.0. The van der Waals surface area contributed by atoms with Crippen molar-refractivity contribution in [3.05, 3.63) is 30.0 Å². The summed E-state index contributed by atoms with van der Waals surface area (Å²) in [5.41, 5.74) is 8.33. The molecule has 0 spiro atoms. The van der Waals surface area contributed by atoms with Gasteiger partial charge in [0.05, 0.1) is 7.11 Å². The highest BCUT2D eigenvalue weighted by atomic mass is 16.5. The number of hydrogen-bond acceptors (Lipinski definition) is 2. The predicted molar refractivity (Wildman–Crippen MR) is 71.6 cm³/mol. The van der Waals surface area contributed by atoms with Crippen LogP contribution in [0.4, 0.5) is 0 Å². The molecule has 0 atom stereocenters. The average molecular weight is 232 g/mol. The van der Waals surface area contributed by atoms with E-state index in [2.05, 4.69) is 43.8 Å². The SMILES string of the molecule is COc1ccc2c(c1)c(C(C)(C)CN)cn2C. The van der Waals surface area contributed by atoms with Gasteiger partial charge >= 0.3 is 0 Å². The molecule has 0 aliphatic rings. The average Bonchev–Trinajstić information content (AvgIpc) is 2.67. The number of aromatic nitrogens is 1. The molecule has 0 radical (unpaired) electrons. The summed E-state index contributed by atoms with van der Waals surface area (Å²) in [6.07, 6.45) is 2.16. The van der Waals surface area contributed by atoms with E-state index in [4.69, 9.17) is 10.5 Å². The minimum Gasteiger partial charge on any atom is -0.497 e. The molecule has 2 rings (SSSR count). The molecule has 2 aromatic rings. The summed E-state index contributed by atoms with van der Waals surface area (Å²) in [6, 6.07) is 6.16. The topological polar surface area (TPSA) is 40.2 Å². The van der Waals surface area contributed by atoms with Crippen molar-refractivity contribution >= 4 is 10.9 Å². The molecule has 0 saturated heterocycles. The van der Waals surface area contributed by atoms with Gasteiger partial charge in [0.25, 0.3) is 0 Å². The van der Waals surface area contributed by atoms with Crippen LogP contribution in [0.2, 0.25) is 0 Å². The van der Waals surface area contributed by atoms with Crippen molar-refractivity contribution in [2.75, 3.05) is 13.7 Å². The maximum absolute atomic E-state index is 5.87. The maximum Gasteiger partial charge on any atom is 0.119 e. The van der Waals surface area contributed by atoms with Gasteiger partial charge in [-0.25, -0.2) is 0 Å². The van der Waals surface area contributed by atoms with Gasteiger partial charge in [-0.1, -0.05) is 13.8 Å². The first-order chi connectivity index (χ1) is 7.99. The smallest absolute Gasteiger partial charge is 0.119 e. The molecule has 3 heteroatoms. The molecule has 0 aliphatic carbocycles. The van der Waals surface area contributed by atoms with Crippen molar-refractivity contribution in [3.8, 4) is 5.75 Å². The highest BCUT2D eigenvalue weighted by Gasteiger charge is 2.23. The van der Waals surface area contributed by atoms with Crippen LogP contribution in [0.25, 0.3) is 10.9 Å². The number of fused-ring (bicyclic) bond motifs is 1. The molecule has 1 heterocycles. The monoisotopic (exact) mass is 232 g/mol. The summed E-state index contributed by atoms with van der Waals surface area (Å²) in [5.74, 6) is 0.887. The van der Waals surface area contributed by atoms with E-state index in [1.54, 1.807) is 7.11 Å². The normalized spacial score (nSPS) is 12.1. The zero-order valence-electron chi connectivity index (χ0n) is 10.9. The Morgan fingerprint density at radius 1 is 1.35 bits per heavy atom. The molecule has 2 N–H and O–H groups in total. The summed E-state index contributed by atoms with van der Waals surface area (Å²) in [5, 5.41) is 1.22. The molecule has 1 aromatic carbocycles. The van der Waals surface area contributed by atoms with Crippen molar-refractivity contribution in [1.29, 1.82) is 0 Å². The zero-order valence-corrected chi connectivity index (χ0v) is 10.9. The number of ether oxygens (including phenoxy) is 1. The number of hydrogen-bond donors (Lipinski definition) is 1. The van der Waals surface area contributed by atoms with Gasteiger partial charge in [-0.15, -0.1) is 0 Å². The lowest BCUT2D eigenvalue weighted by molar-refractivity contribution is 0.415. The van der Waals surface area contributed by atoms with Gasteiger partial charge in [0.1, 0.15) is 5.75 Å². The number of nitrogens with two attached hydrogens (primary N) is 1. The molecule has 3 nitrogen and oxygen atoms in total. The van der Waals surface area contributed by atoms with E-state index in [0.717, 1.165) is 5.75 Å². The van der Waals surface area contributed by atoms with Crippen LogP contribution in [-0.2, 0) is 12.5 Å². The number of nitrogens with zero attached hydrogens (tertiary/aromatic N) is 1. The van der Waals surface area contributed by atoms with E-state index >= 15 is 0 Å². The van der Waals surface area contributed by atoms with Gasteiger partial charge < -0.3 is 15.0 Å². The van der Waals surface area contributed by atoms with E-state index in [0.29, 0.717) is 6.54 Å². The first-order valence-corrected chi connectivity index (χ1v) is 5.83. The van der Waals surface area contributed by atoms with Crippen LogP contribution in [0, 0.1) is 0 Å². The third-order valence-electron chi connectivity index (χ3n) is 3.44. The second-order valence-electron chi connectivity index (χ2n) is 5.12. The van der Waals surface area contributed by atoms with Crippen LogP contribution >= 0.6 is 0 Å². The highest BCUT2D eigenvalue weighted by molar-refractivity contribution is 5.86. The Morgan fingerprint density at radius 3 is 2.65 bits per heavy atom. The van der Waals surface area contributed by atoms with Gasteiger partial charge in [0.15, 0.2) is 0 Å². The predicted octanol–water partition coefficient (Wildman–Crippen LogP) is 2.42. The number of aryl methyl sites for hydroxylation is 1. The van der Waals surface area contributed by atoms with Crippen LogP contribution < -0.4 is 10.5 Å². The molecule has 0 aliphatic heterocycles. The fraction of sp³-hybridized carbons (Fsp3) is 0.429. The van der Waals surface area contributed by atoms with Crippen LogP contribution in [0.5, 0.6) is 5.75 Å². The van der Waals surface area contributed by atoms with Gasteiger partial charge in [0.2, 0.25) is 0 Å². The molecule has 0 bridgehead atoms. The Bertz CT molecular complexity index is 540. The van der Waals surface area contributed by atoms with Crippen LogP contribution in [-0.4, -0.2) is 18.2 Å². The minimum atomic E-state index is -0.0219. The first-order valence-electron chi connectivity index (χ1n) is 5.83. The number of rotatable bonds is 3. The molecule has 17 heavy (non-hydrogen) atoms. The molecular formula is C14H20N2O. The largest absolute Gasteiger partial charge is 0.497 e. The highest BCUT2D eigenvalue weighted by Crippen LogP contribution is 2.33.